The summed E-state index contributed by atoms with van der Waals surface area (Å²) >= 11 is 0. The maximum absolute atomic E-state index is 6.70. The molecule has 0 bridgehead atoms. The summed E-state index contributed by atoms with van der Waals surface area (Å²) in [7, 11) is 3.79. The van der Waals surface area contributed by atoms with Gasteiger partial charge in [0.05, 0.1) is 12.6 Å². The van der Waals surface area contributed by atoms with Gasteiger partial charge in [-0.3, -0.25) is 0 Å². The van der Waals surface area contributed by atoms with E-state index in [0.717, 1.165) is 24.1 Å². The van der Waals surface area contributed by atoms with Crippen LogP contribution in [0.4, 0.5) is 0 Å². The summed E-state index contributed by atoms with van der Waals surface area (Å²) in [5.74, 6) is 0.922. The number of hydrogen-bond donors (Lipinski definition) is 1. The molecule has 3 heteroatoms. The van der Waals surface area contributed by atoms with E-state index in [0.29, 0.717) is 0 Å². The third kappa shape index (κ3) is 1.93. The van der Waals surface area contributed by atoms with Crippen LogP contribution in [-0.4, -0.2) is 11.7 Å². The summed E-state index contributed by atoms with van der Waals surface area (Å²) in [6, 6.07) is 6.23. The highest BCUT2D eigenvalue weighted by Crippen LogP contribution is 2.40. The summed E-state index contributed by atoms with van der Waals surface area (Å²) in [5, 5.41) is 1.24. The molecule has 0 saturated heterocycles. The lowest BCUT2D eigenvalue weighted by atomic mass is 9.77. The molecule has 19 heavy (non-hydrogen) atoms. The van der Waals surface area contributed by atoms with Crippen LogP contribution in [0.3, 0.4) is 0 Å². The number of benzene rings is 1. The Kier molecular flexibility index (Phi) is 3.02. The fraction of sp³-hybridized carbons (Fsp3) is 0.500. The van der Waals surface area contributed by atoms with Gasteiger partial charge in [0.2, 0.25) is 0 Å². The van der Waals surface area contributed by atoms with Crippen molar-refractivity contribution in [1.29, 1.82) is 0 Å². The SMILES string of the molecule is COc1cccc2c(C3(N)CCCCC3)cn(C)c12. The van der Waals surface area contributed by atoms with Crippen molar-refractivity contribution in [2.24, 2.45) is 12.8 Å². The lowest BCUT2D eigenvalue weighted by molar-refractivity contribution is 0.304. The van der Waals surface area contributed by atoms with Crippen molar-refractivity contribution >= 4 is 10.9 Å². The zero-order valence-corrected chi connectivity index (χ0v) is 11.8. The van der Waals surface area contributed by atoms with Gasteiger partial charge < -0.3 is 15.0 Å². The molecule has 0 aliphatic heterocycles. The zero-order valence-electron chi connectivity index (χ0n) is 11.8. The van der Waals surface area contributed by atoms with E-state index in [9.17, 15) is 0 Å². The average molecular weight is 258 g/mol. The van der Waals surface area contributed by atoms with E-state index in [1.54, 1.807) is 7.11 Å². The molecular weight excluding hydrogens is 236 g/mol. The van der Waals surface area contributed by atoms with Crippen molar-refractivity contribution in [3.63, 3.8) is 0 Å². The number of methoxy groups -OCH3 is 1. The van der Waals surface area contributed by atoms with E-state index in [1.165, 1.54) is 30.2 Å². The molecule has 1 aliphatic carbocycles. The number of hydrogen-bond acceptors (Lipinski definition) is 2. The zero-order chi connectivity index (χ0) is 13.5. The molecular formula is C16H22N2O. The van der Waals surface area contributed by atoms with Gasteiger partial charge in [0, 0.05) is 24.2 Å². The van der Waals surface area contributed by atoms with Gasteiger partial charge in [0.15, 0.2) is 0 Å². The standard InChI is InChI=1S/C16H22N2O/c1-18-11-13(16(17)9-4-3-5-10-16)12-7-6-8-14(19-2)15(12)18/h6-8,11H,3-5,9-10,17H2,1-2H3. The van der Waals surface area contributed by atoms with Crippen LogP contribution in [0.1, 0.15) is 37.7 Å². The lowest BCUT2D eigenvalue weighted by Crippen LogP contribution is -2.38. The minimum absolute atomic E-state index is 0.163. The first kappa shape index (κ1) is 12.5. The van der Waals surface area contributed by atoms with Gasteiger partial charge in [-0.15, -0.1) is 0 Å². The van der Waals surface area contributed by atoms with Crippen molar-refractivity contribution in [3.8, 4) is 5.75 Å². The Morgan fingerprint density at radius 2 is 1.95 bits per heavy atom. The summed E-state index contributed by atoms with van der Waals surface area (Å²) in [5.41, 5.74) is 8.96. The Bertz CT molecular complexity index is 594. The Labute approximate surface area is 114 Å². The van der Waals surface area contributed by atoms with Crippen molar-refractivity contribution in [1.82, 2.24) is 4.57 Å². The van der Waals surface area contributed by atoms with E-state index >= 15 is 0 Å². The number of para-hydroxylation sites is 1. The number of aryl methyl sites for hydroxylation is 1. The van der Waals surface area contributed by atoms with E-state index in [2.05, 4.69) is 29.9 Å². The third-order valence-electron chi connectivity index (χ3n) is 4.47. The number of nitrogens with two attached hydrogens (primary N) is 1. The van der Waals surface area contributed by atoms with Crippen LogP contribution in [0.2, 0.25) is 0 Å². The minimum atomic E-state index is -0.163. The smallest absolute Gasteiger partial charge is 0.143 e. The molecule has 3 nitrogen and oxygen atoms in total. The maximum Gasteiger partial charge on any atom is 0.143 e. The van der Waals surface area contributed by atoms with Crippen LogP contribution >= 0.6 is 0 Å². The molecule has 102 valence electrons. The molecule has 1 aromatic heterocycles. The maximum atomic E-state index is 6.70. The average Bonchev–Trinajstić information content (AvgIpc) is 2.78. The normalized spacial score (nSPS) is 18.7. The number of aromatic nitrogens is 1. The number of nitrogens with zero attached hydrogens (tertiary/aromatic N) is 1. The van der Waals surface area contributed by atoms with Gasteiger partial charge in [0.25, 0.3) is 0 Å². The molecule has 0 amide bonds. The highest BCUT2D eigenvalue weighted by Gasteiger charge is 2.32. The summed E-state index contributed by atoms with van der Waals surface area (Å²) < 4.78 is 7.63. The first-order chi connectivity index (χ1) is 9.15. The monoisotopic (exact) mass is 258 g/mol. The molecule has 2 N–H and O–H groups in total. The highest BCUT2D eigenvalue weighted by molar-refractivity contribution is 5.90. The van der Waals surface area contributed by atoms with Crippen LogP contribution in [0, 0.1) is 0 Å². The molecule has 2 aromatic rings. The Morgan fingerprint density at radius 1 is 1.21 bits per heavy atom. The molecule has 0 unspecified atom stereocenters. The highest BCUT2D eigenvalue weighted by atomic mass is 16.5. The largest absolute Gasteiger partial charge is 0.495 e. The molecule has 1 aromatic carbocycles. The molecule has 1 fully saturated rings. The van der Waals surface area contributed by atoms with Gasteiger partial charge in [-0.1, -0.05) is 31.4 Å². The molecule has 0 atom stereocenters. The Balaban J connectivity index is 2.19. The van der Waals surface area contributed by atoms with E-state index in [4.69, 9.17) is 10.5 Å². The number of ether oxygens (including phenoxy) is 1. The molecule has 3 rings (SSSR count). The minimum Gasteiger partial charge on any atom is -0.495 e. The summed E-state index contributed by atoms with van der Waals surface area (Å²) in [6.45, 7) is 0. The molecule has 1 aliphatic rings. The van der Waals surface area contributed by atoms with Gasteiger partial charge in [-0.25, -0.2) is 0 Å². The first-order valence-corrected chi connectivity index (χ1v) is 7.07. The first-order valence-electron chi connectivity index (χ1n) is 7.07. The van der Waals surface area contributed by atoms with E-state index in [1.807, 2.05) is 6.07 Å². The molecule has 1 saturated carbocycles. The number of rotatable bonds is 2. The second kappa shape index (κ2) is 4.57. The lowest BCUT2D eigenvalue weighted by Gasteiger charge is -2.33. The predicted octanol–water partition coefficient (Wildman–Crippen LogP) is 3.31. The van der Waals surface area contributed by atoms with Crippen LogP contribution in [0.25, 0.3) is 10.9 Å². The molecule has 0 radical (unpaired) electrons. The van der Waals surface area contributed by atoms with Crippen LogP contribution < -0.4 is 10.5 Å². The van der Waals surface area contributed by atoms with Crippen LogP contribution in [0.15, 0.2) is 24.4 Å². The quantitative estimate of drug-likeness (QED) is 0.897. The molecule has 0 spiro atoms. The van der Waals surface area contributed by atoms with Crippen molar-refractivity contribution in [2.45, 2.75) is 37.6 Å². The predicted molar refractivity (Wildman–Crippen MR) is 78.4 cm³/mol. The van der Waals surface area contributed by atoms with Crippen molar-refractivity contribution in [2.75, 3.05) is 7.11 Å². The summed E-state index contributed by atoms with van der Waals surface area (Å²) in [4.78, 5) is 0. The van der Waals surface area contributed by atoms with Gasteiger partial charge in [-0.2, -0.15) is 0 Å². The number of fused-ring (bicyclic) bond motifs is 1. The second-order valence-electron chi connectivity index (χ2n) is 5.73. The fourth-order valence-corrected chi connectivity index (χ4v) is 3.44. The van der Waals surface area contributed by atoms with Gasteiger partial charge >= 0.3 is 0 Å². The van der Waals surface area contributed by atoms with E-state index in [-0.39, 0.29) is 5.54 Å². The second-order valence-corrected chi connectivity index (χ2v) is 5.73. The van der Waals surface area contributed by atoms with Crippen LogP contribution in [-0.2, 0) is 12.6 Å². The van der Waals surface area contributed by atoms with Crippen molar-refractivity contribution in [3.05, 3.63) is 30.0 Å². The topological polar surface area (TPSA) is 40.2 Å². The van der Waals surface area contributed by atoms with Crippen LogP contribution in [0.5, 0.6) is 5.75 Å². The van der Waals surface area contributed by atoms with Crippen molar-refractivity contribution < 1.29 is 4.74 Å². The third-order valence-corrected chi connectivity index (χ3v) is 4.47. The molecule has 1 heterocycles. The van der Waals surface area contributed by atoms with E-state index < -0.39 is 0 Å². The fourth-order valence-electron chi connectivity index (χ4n) is 3.44. The Morgan fingerprint density at radius 3 is 2.63 bits per heavy atom. The van der Waals surface area contributed by atoms with Gasteiger partial charge in [0.1, 0.15) is 5.75 Å². The Hall–Kier alpha value is -1.48. The summed E-state index contributed by atoms with van der Waals surface area (Å²) in [6.07, 6.45) is 8.14. The van der Waals surface area contributed by atoms with Gasteiger partial charge in [-0.05, 0) is 24.5 Å².